The van der Waals surface area contributed by atoms with Gasteiger partial charge in [-0.15, -0.1) is 0 Å². The van der Waals surface area contributed by atoms with Crippen molar-refractivity contribution in [2.75, 3.05) is 13.1 Å². The van der Waals surface area contributed by atoms with E-state index in [2.05, 4.69) is 5.32 Å². The summed E-state index contributed by atoms with van der Waals surface area (Å²) in [6, 6.07) is 6.33. The van der Waals surface area contributed by atoms with E-state index in [4.69, 9.17) is 0 Å². The van der Waals surface area contributed by atoms with E-state index in [1.54, 1.807) is 12.1 Å². The third-order valence-electron chi connectivity index (χ3n) is 8.25. The van der Waals surface area contributed by atoms with Crippen LogP contribution in [0.15, 0.2) is 29.2 Å². The van der Waals surface area contributed by atoms with Gasteiger partial charge >= 0.3 is 0 Å². The van der Waals surface area contributed by atoms with Crippen molar-refractivity contribution in [2.45, 2.75) is 75.6 Å². The van der Waals surface area contributed by atoms with Crippen LogP contribution < -0.4 is 5.32 Å². The van der Waals surface area contributed by atoms with Crippen LogP contribution in [0.4, 0.5) is 0 Å². The molecule has 0 spiro atoms. The Morgan fingerprint density at radius 2 is 1.67 bits per heavy atom. The van der Waals surface area contributed by atoms with Gasteiger partial charge in [-0.3, -0.25) is 4.79 Å². The molecule has 164 valence electrons. The first-order chi connectivity index (χ1) is 14.3. The van der Waals surface area contributed by atoms with Gasteiger partial charge < -0.3 is 5.32 Å². The SMILES string of the molecule is Cc1ccc(S(=O)(=O)N2CCC[C@H]2C(=O)NCCC23CC4CC(CC(C4)C2)C3)cc1. The number of amides is 1. The maximum absolute atomic E-state index is 13.1. The Kier molecular flexibility index (Phi) is 5.21. The molecule has 6 heteroatoms. The van der Waals surface area contributed by atoms with Gasteiger partial charge in [0, 0.05) is 13.1 Å². The van der Waals surface area contributed by atoms with Crippen LogP contribution in [-0.4, -0.2) is 37.8 Å². The summed E-state index contributed by atoms with van der Waals surface area (Å²) in [4.78, 5) is 13.2. The van der Waals surface area contributed by atoms with E-state index < -0.39 is 16.1 Å². The van der Waals surface area contributed by atoms with Gasteiger partial charge in [0.15, 0.2) is 0 Å². The van der Waals surface area contributed by atoms with Crippen molar-refractivity contribution in [3.63, 3.8) is 0 Å². The standard InChI is InChI=1S/C24H34N2O3S/c1-17-4-6-21(7-5-17)30(28,29)26-10-2-3-22(26)23(27)25-9-8-24-14-18-11-19(15-24)13-20(12-18)16-24/h4-7,18-20,22H,2-3,8-16H2,1H3,(H,25,27)/t18?,19?,20?,22-,24?/m0/s1. The van der Waals surface area contributed by atoms with Gasteiger partial charge in [-0.1, -0.05) is 17.7 Å². The largest absolute Gasteiger partial charge is 0.355 e. The zero-order valence-corrected chi connectivity index (χ0v) is 18.8. The Morgan fingerprint density at radius 3 is 2.27 bits per heavy atom. The monoisotopic (exact) mass is 430 g/mol. The number of nitrogens with zero attached hydrogens (tertiary/aromatic N) is 1. The molecular weight excluding hydrogens is 396 g/mol. The van der Waals surface area contributed by atoms with Crippen molar-refractivity contribution >= 4 is 15.9 Å². The second-order valence-corrected chi connectivity index (χ2v) is 12.4. The molecule has 4 saturated carbocycles. The normalized spacial score (nSPS) is 35.6. The highest BCUT2D eigenvalue weighted by Gasteiger charge is 2.50. The van der Waals surface area contributed by atoms with Gasteiger partial charge in [-0.05, 0) is 100 Å². The van der Waals surface area contributed by atoms with Crippen LogP contribution in [0, 0.1) is 30.1 Å². The minimum atomic E-state index is -3.64. The summed E-state index contributed by atoms with van der Waals surface area (Å²) in [6.07, 6.45) is 10.7. The van der Waals surface area contributed by atoms with Crippen LogP contribution >= 0.6 is 0 Å². The van der Waals surface area contributed by atoms with E-state index in [1.165, 1.54) is 42.8 Å². The third kappa shape index (κ3) is 3.70. The van der Waals surface area contributed by atoms with Crippen LogP contribution in [0.2, 0.25) is 0 Å². The van der Waals surface area contributed by atoms with Crippen molar-refractivity contribution in [1.82, 2.24) is 9.62 Å². The summed E-state index contributed by atoms with van der Waals surface area (Å²) in [5, 5.41) is 3.12. The van der Waals surface area contributed by atoms with Gasteiger partial charge in [0.1, 0.15) is 6.04 Å². The lowest BCUT2D eigenvalue weighted by molar-refractivity contribution is -0.124. The van der Waals surface area contributed by atoms with E-state index >= 15 is 0 Å². The minimum Gasteiger partial charge on any atom is -0.355 e. The van der Waals surface area contributed by atoms with Gasteiger partial charge in [-0.25, -0.2) is 8.42 Å². The topological polar surface area (TPSA) is 66.5 Å². The molecule has 5 fully saturated rings. The minimum absolute atomic E-state index is 0.118. The average molecular weight is 431 g/mol. The molecule has 1 heterocycles. The van der Waals surface area contributed by atoms with Crippen LogP contribution in [-0.2, 0) is 14.8 Å². The number of benzene rings is 1. The maximum atomic E-state index is 13.1. The summed E-state index contributed by atoms with van der Waals surface area (Å²) in [6.45, 7) is 3.04. The molecule has 1 amide bonds. The Balaban J connectivity index is 1.21. The highest BCUT2D eigenvalue weighted by atomic mass is 32.2. The quantitative estimate of drug-likeness (QED) is 0.745. The van der Waals surface area contributed by atoms with E-state index in [0.717, 1.165) is 36.2 Å². The predicted molar refractivity (Wildman–Crippen MR) is 116 cm³/mol. The molecule has 1 aromatic carbocycles. The number of carbonyl (C=O) groups is 1. The van der Waals surface area contributed by atoms with Crippen molar-refractivity contribution in [1.29, 1.82) is 0 Å². The van der Waals surface area contributed by atoms with E-state index in [0.29, 0.717) is 24.9 Å². The summed E-state index contributed by atoms with van der Waals surface area (Å²) in [7, 11) is -3.64. The number of aryl methyl sites for hydroxylation is 1. The first-order valence-corrected chi connectivity index (χ1v) is 13.1. The lowest BCUT2D eigenvalue weighted by Crippen LogP contribution is -2.49. The summed E-state index contributed by atoms with van der Waals surface area (Å²) >= 11 is 0. The highest BCUT2D eigenvalue weighted by Crippen LogP contribution is 2.61. The Hall–Kier alpha value is -1.40. The molecule has 0 radical (unpaired) electrons. The Labute approximate surface area is 180 Å². The van der Waals surface area contributed by atoms with Crippen molar-refractivity contribution < 1.29 is 13.2 Å². The third-order valence-corrected chi connectivity index (χ3v) is 10.2. The van der Waals surface area contributed by atoms with Gasteiger partial charge in [0.05, 0.1) is 4.90 Å². The molecule has 1 aromatic rings. The average Bonchev–Trinajstić information content (AvgIpc) is 3.18. The second kappa shape index (κ2) is 7.63. The number of hydrogen-bond donors (Lipinski definition) is 1. The van der Waals surface area contributed by atoms with Crippen LogP contribution in [0.5, 0.6) is 0 Å². The van der Waals surface area contributed by atoms with Gasteiger partial charge in [-0.2, -0.15) is 4.31 Å². The van der Waals surface area contributed by atoms with Crippen molar-refractivity contribution in [3.05, 3.63) is 29.8 Å². The van der Waals surface area contributed by atoms with Crippen molar-refractivity contribution in [3.8, 4) is 0 Å². The molecule has 0 aromatic heterocycles. The van der Waals surface area contributed by atoms with E-state index in [1.807, 2.05) is 19.1 Å². The zero-order valence-electron chi connectivity index (χ0n) is 18.0. The zero-order chi connectivity index (χ0) is 20.9. The molecule has 5 aliphatic rings. The lowest BCUT2D eigenvalue weighted by atomic mass is 9.49. The fraction of sp³-hybridized carbons (Fsp3) is 0.708. The molecule has 6 rings (SSSR count). The lowest BCUT2D eigenvalue weighted by Gasteiger charge is -2.57. The first kappa shape index (κ1) is 20.5. The van der Waals surface area contributed by atoms with Crippen LogP contribution in [0.3, 0.4) is 0 Å². The molecule has 4 bridgehead atoms. The maximum Gasteiger partial charge on any atom is 0.243 e. The van der Waals surface area contributed by atoms with E-state index in [9.17, 15) is 13.2 Å². The molecule has 0 unspecified atom stereocenters. The fourth-order valence-corrected chi connectivity index (χ4v) is 8.96. The van der Waals surface area contributed by atoms with Gasteiger partial charge in [0.2, 0.25) is 15.9 Å². The summed E-state index contributed by atoms with van der Waals surface area (Å²) in [5.41, 5.74) is 1.46. The van der Waals surface area contributed by atoms with Crippen LogP contribution in [0.1, 0.15) is 63.4 Å². The molecule has 1 N–H and O–H groups in total. The molecular formula is C24H34N2O3S. The molecule has 1 atom stereocenters. The molecule has 5 nitrogen and oxygen atoms in total. The Bertz CT molecular complexity index is 874. The number of sulfonamides is 1. The summed E-state index contributed by atoms with van der Waals surface area (Å²) in [5.74, 6) is 2.62. The number of nitrogens with one attached hydrogen (secondary N) is 1. The molecule has 1 aliphatic heterocycles. The molecule has 1 saturated heterocycles. The van der Waals surface area contributed by atoms with Gasteiger partial charge in [0.25, 0.3) is 0 Å². The second-order valence-electron chi connectivity index (χ2n) is 10.5. The van der Waals surface area contributed by atoms with Crippen LogP contribution in [0.25, 0.3) is 0 Å². The number of carbonyl (C=O) groups excluding carboxylic acids is 1. The molecule has 30 heavy (non-hydrogen) atoms. The van der Waals surface area contributed by atoms with E-state index in [-0.39, 0.29) is 10.8 Å². The number of hydrogen-bond acceptors (Lipinski definition) is 3. The summed E-state index contributed by atoms with van der Waals surface area (Å²) < 4.78 is 27.6. The molecule has 4 aliphatic carbocycles. The van der Waals surface area contributed by atoms with Crippen molar-refractivity contribution in [2.24, 2.45) is 23.2 Å². The Morgan fingerprint density at radius 1 is 1.07 bits per heavy atom. The predicted octanol–water partition coefficient (Wildman–Crippen LogP) is 3.87. The highest BCUT2D eigenvalue weighted by molar-refractivity contribution is 7.89. The smallest absolute Gasteiger partial charge is 0.243 e. The first-order valence-electron chi connectivity index (χ1n) is 11.7. The fourth-order valence-electron chi connectivity index (χ4n) is 7.30. The number of rotatable bonds is 6.